The molecular formula is C24H29FN4O3S. The van der Waals surface area contributed by atoms with E-state index in [9.17, 15) is 13.7 Å². The minimum atomic E-state index is -2.30. The molecule has 2 N–H and O–H groups in total. The lowest BCUT2D eigenvalue weighted by Crippen LogP contribution is -2.34. The lowest BCUT2D eigenvalue weighted by Gasteiger charge is -2.33. The molecule has 9 heteroatoms. The van der Waals surface area contributed by atoms with Gasteiger partial charge < -0.3 is 15.2 Å². The van der Waals surface area contributed by atoms with Crippen LogP contribution in [0.15, 0.2) is 41.0 Å². The molecule has 0 amide bonds. The summed E-state index contributed by atoms with van der Waals surface area (Å²) >= 11 is 0. The molecule has 1 fully saturated rings. The van der Waals surface area contributed by atoms with E-state index in [2.05, 4.69) is 19.6 Å². The third-order valence-electron chi connectivity index (χ3n) is 5.75. The molecule has 3 aromatic rings. The zero-order valence-electron chi connectivity index (χ0n) is 19.3. The predicted octanol–water partition coefficient (Wildman–Crippen LogP) is 5.25. The molecule has 0 aliphatic heterocycles. The van der Waals surface area contributed by atoms with Gasteiger partial charge in [0.2, 0.25) is 0 Å². The Kier molecular flexibility index (Phi) is 6.28. The molecule has 1 aromatic heterocycles. The highest BCUT2D eigenvalue weighted by atomic mass is 32.2. The van der Waals surface area contributed by atoms with Crippen molar-refractivity contribution in [3.63, 3.8) is 0 Å². The summed E-state index contributed by atoms with van der Waals surface area (Å²) in [5, 5.41) is 14.3. The molecule has 0 spiro atoms. The van der Waals surface area contributed by atoms with E-state index in [1.54, 1.807) is 24.6 Å². The van der Waals surface area contributed by atoms with E-state index in [4.69, 9.17) is 4.74 Å². The number of aryl methyl sites for hydroxylation is 1. The summed E-state index contributed by atoms with van der Waals surface area (Å²) in [5.41, 5.74) is 2.05. The van der Waals surface area contributed by atoms with Crippen molar-refractivity contribution < 1.29 is 18.4 Å². The van der Waals surface area contributed by atoms with Crippen LogP contribution in [0.2, 0.25) is 0 Å². The Bertz CT molecular complexity index is 1300. The van der Waals surface area contributed by atoms with E-state index in [1.165, 1.54) is 18.5 Å². The second-order valence-electron chi connectivity index (χ2n) is 9.23. The lowest BCUT2D eigenvalue weighted by atomic mass is 9.85. The van der Waals surface area contributed by atoms with Crippen molar-refractivity contribution in [1.82, 2.24) is 9.97 Å². The first-order valence-electron chi connectivity index (χ1n) is 10.9. The Balaban J connectivity index is 1.67. The topological polar surface area (TPSA) is 96.7 Å². The van der Waals surface area contributed by atoms with Crippen molar-refractivity contribution in [2.45, 2.75) is 51.2 Å². The number of rotatable bonds is 5. The van der Waals surface area contributed by atoms with Crippen molar-refractivity contribution in [2.75, 3.05) is 17.8 Å². The van der Waals surface area contributed by atoms with Crippen LogP contribution in [0.3, 0.4) is 0 Å². The van der Waals surface area contributed by atoms with E-state index in [-0.39, 0.29) is 6.10 Å². The van der Waals surface area contributed by atoms with Crippen molar-refractivity contribution in [2.24, 2.45) is 4.36 Å². The van der Waals surface area contributed by atoms with Gasteiger partial charge in [0.25, 0.3) is 0 Å². The fourth-order valence-electron chi connectivity index (χ4n) is 4.11. The molecule has 0 unspecified atom stereocenters. The molecule has 1 aliphatic carbocycles. The maximum absolute atomic E-state index is 14.1. The van der Waals surface area contributed by atoms with Crippen LogP contribution in [0, 0.1) is 12.7 Å². The van der Waals surface area contributed by atoms with Crippen molar-refractivity contribution in [3.05, 3.63) is 48.0 Å². The van der Waals surface area contributed by atoms with Gasteiger partial charge in [0.15, 0.2) is 0 Å². The Morgan fingerprint density at radius 2 is 1.94 bits per heavy atom. The van der Waals surface area contributed by atoms with Gasteiger partial charge in [-0.15, -0.1) is 0 Å². The first-order valence-corrected chi connectivity index (χ1v) is 13.2. The zero-order valence-corrected chi connectivity index (χ0v) is 20.1. The van der Waals surface area contributed by atoms with Crippen LogP contribution in [0.25, 0.3) is 10.9 Å². The molecule has 2 aromatic carbocycles. The molecular weight excluding hydrogens is 443 g/mol. The SMILES string of the molecule is Cc1cc(N=S(C)(C)=O)cc2ncnc(Nc3ccc(F)cc3O[C@H]3CC[C@@](C)(O)CC3)c12. The van der Waals surface area contributed by atoms with Gasteiger partial charge in [-0.3, -0.25) is 0 Å². The lowest BCUT2D eigenvalue weighted by molar-refractivity contribution is -0.0107. The molecule has 1 aliphatic rings. The number of anilines is 2. The fraction of sp³-hybridized carbons (Fsp3) is 0.417. The molecule has 4 rings (SSSR count). The van der Waals surface area contributed by atoms with Gasteiger partial charge in [-0.2, -0.15) is 4.36 Å². The van der Waals surface area contributed by atoms with Crippen LogP contribution in [0.1, 0.15) is 38.2 Å². The highest BCUT2D eigenvalue weighted by Gasteiger charge is 2.30. The second kappa shape index (κ2) is 8.87. The van der Waals surface area contributed by atoms with Gasteiger partial charge in [0.05, 0.1) is 28.6 Å². The van der Waals surface area contributed by atoms with E-state index in [0.29, 0.717) is 54.1 Å². The van der Waals surface area contributed by atoms with Gasteiger partial charge in [0, 0.05) is 33.7 Å². The highest BCUT2D eigenvalue weighted by molar-refractivity contribution is 7.92. The first kappa shape index (κ1) is 23.4. The van der Waals surface area contributed by atoms with Crippen LogP contribution < -0.4 is 10.1 Å². The number of nitrogens with one attached hydrogen (secondary N) is 1. The summed E-state index contributed by atoms with van der Waals surface area (Å²) in [4.78, 5) is 8.76. The van der Waals surface area contributed by atoms with Crippen LogP contribution in [-0.2, 0) is 9.73 Å². The molecule has 33 heavy (non-hydrogen) atoms. The van der Waals surface area contributed by atoms with E-state index < -0.39 is 21.1 Å². The number of hydrogen-bond acceptors (Lipinski definition) is 7. The summed E-state index contributed by atoms with van der Waals surface area (Å²) in [5.74, 6) is 0.561. The van der Waals surface area contributed by atoms with Crippen molar-refractivity contribution in [3.8, 4) is 5.75 Å². The molecule has 1 saturated carbocycles. The summed E-state index contributed by atoms with van der Waals surface area (Å²) in [6.07, 6.45) is 7.19. The van der Waals surface area contributed by atoms with Gasteiger partial charge >= 0.3 is 0 Å². The number of halogens is 1. The Morgan fingerprint density at radius 3 is 2.64 bits per heavy atom. The minimum Gasteiger partial charge on any atom is -0.488 e. The van der Waals surface area contributed by atoms with Crippen molar-refractivity contribution in [1.29, 1.82) is 0 Å². The molecule has 0 radical (unpaired) electrons. The summed E-state index contributed by atoms with van der Waals surface area (Å²) in [7, 11) is -2.30. The van der Waals surface area contributed by atoms with Crippen LogP contribution in [-0.4, -0.2) is 43.5 Å². The van der Waals surface area contributed by atoms with Crippen LogP contribution in [0.5, 0.6) is 5.75 Å². The maximum Gasteiger partial charge on any atom is 0.146 e. The summed E-state index contributed by atoms with van der Waals surface area (Å²) in [6.45, 7) is 3.75. The Hall–Kier alpha value is -2.78. The largest absolute Gasteiger partial charge is 0.488 e. The normalized spacial score (nSPS) is 21.1. The number of benzene rings is 2. The maximum atomic E-state index is 14.1. The smallest absolute Gasteiger partial charge is 0.146 e. The third kappa shape index (κ3) is 5.78. The number of aromatic nitrogens is 2. The van der Waals surface area contributed by atoms with Gasteiger partial charge in [-0.1, -0.05) is 0 Å². The number of ether oxygens (including phenoxy) is 1. The Morgan fingerprint density at radius 1 is 1.21 bits per heavy atom. The van der Waals surface area contributed by atoms with E-state index in [0.717, 1.165) is 10.9 Å². The third-order valence-corrected chi connectivity index (χ3v) is 6.40. The minimum absolute atomic E-state index is 0.0985. The molecule has 176 valence electrons. The van der Waals surface area contributed by atoms with E-state index >= 15 is 0 Å². The van der Waals surface area contributed by atoms with Gasteiger partial charge in [0.1, 0.15) is 23.7 Å². The number of fused-ring (bicyclic) bond motifs is 1. The first-order chi connectivity index (χ1) is 15.5. The average molecular weight is 473 g/mol. The Labute approximate surface area is 193 Å². The molecule has 7 nitrogen and oxygen atoms in total. The number of aliphatic hydroxyl groups is 1. The number of nitrogens with zero attached hydrogens (tertiary/aromatic N) is 3. The molecule has 0 atom stereocenters. The van der Waals surface area contributed by atoms with E-state index in [1.807, 2.05) is 19.9 Å². The van der Waals surface area contributed by atoms with Gasteiger partial charge in [-0.25, -0.2) is 18.6 Å². The van der Waals surface area contributed by atoms with Crippen molar-refractivity contribution >= 4 is 37.8 Å². The zero-order chi connectivity index (χ0) is 23.8. The fourth-order valence-corrected chi connectivity index (χ4v) is 4.72. The molecule has 0 saturated heterocycles. The molecule has 1 heterocycles. The highest BCUT2D eigenvalue weighted by Crippen LogP contribution is 2.36. The standard InChI is InChI=1S/C24H29FN4O3S/c1-15-11-17(29-33(3,4)31)13-20-22(15)23(27-14-26-20)28-19-6-5-16(25)12-21(19)32-18-7-9-24(2,30)10-8-18/h5-6,11-14,18,30H,7-10H2,1-4H3,(H,26,27,28)/t18-,24+. The summed E-state index contributed by atoms with van der Waals surface area (Å²) < 4.78 is 36.6. The number of hydrogen-bond donors (Lipinski definition) is 2. The quantitative estimate of drug-likeness (QED) is 0.526. The van der Waals surface area contributed by atoms with Gasteiger partial charge in [-0.05, 0) is 69.4 Å². The predicted molar refractivity (Wildman–Crippen MR) is 130 cm³/mol. The second-order valence-corrected chi connectivity index (χ2v) is 11.8. The van der Waals surface area contributed by atoms with Crippen LogP contribution >= 0.6 is 0 Å². The van der Waals surface area contributed by atoms with Crippen LogP contribution in [0.4, 0.5) is 21.6 Å². The average Bonchev–Trinajstić information content (AvgIpc) is 2.70. The summed E-state index contributed by atoms with van der Waals surface area (Å²) in [6, 6.07) is 7.98. The monoisotopic (exact) mass is 472 g/mol. The molecule has 0 bridgehead atoms.